The Kier molecular flexibility index (Phi) is 3.55. The Morgan fingerprint density at radius 1 is 1.22 bits per heavy atom. The summed E-state index contributed by atoms with van der Waals surface area (Å²) in [6.07, 6.45) is 7.83. The maximum atomic E-state index is 4.69. The van der Waals surface area contributed by atoms with E-state index in [-0.39, 0.29) is 0 Å². The van der Waals surface area contributed by atoms with E-state index >= 15 is 0 Å². The maximum absolute atomic E-state index is 4.69. The van der Waals surface area contributed by atoms with E-state index in [0.29, 0.717) is 5.82 Å². The first-order valence-electron chi connectivity index (χ1n) is 7.61. The van der Waals surface area contributed by atoms with E-state index in [1.54, 1.807) is 12.4 Å². The van der Waals surface area contributed by atoms with Gasteiger partial charge in [0.2, 0.25) is 0 Å². The van der Waals surface area contributed by atoms with Gasteiger partial charge >= 0.3 is 0 Å². The van der Waals surface area contributed by atoms with Crippen LogP contribution in [0.25, 0.3) is 11.4 Å². The molecule has 0 unspecified atom stereocenters. The third-order valence-electron chi connectivity index (χ3n) is 3.98. The lowest BCUT2D eigenvalue weighted by Gasteiger charge is -2.27. The highest BCUT2D eigenvalue weighted by atomic mass is 15.2. The molecular formula is C16H17N7. The summed E-state index contributed by atoms with van der Waals surface area (Å²) in [5.74, 6) is 0.695. The zero-order valence-electron chi connectivity index (χ0n) is 12.9. The minimum atomic E-state index is 0.695. The van der Waals surface area contributed by atoms with Gasteiger partial charge in [0.05, 0.1) is 17.0 Å². The normalized spacial score (nSPS) is 14.7. The molecule has 0 atom stereocenters. The highest BCUT2D eigenvalue weighted by Crippen LogP contribution is 2.21. The van der Waals surface area contributed by atoms with Gasteiger partial charge in [0.25, 0.3) is 0 Å². The van der Waals surface area contributed by atoms with Crippen molar-refractivity contribution in [1.29, 1.82) is 0 Å². The molecule has 7 heteroatoms. The van der Waals surface area contributed by atoms with Gasteiger partial charge in [-0.2, -0.15) is 5.10 Å². The highest BCUT2D eigenvalue weighted by Gasteiger charge is 2.19. The molecule has 1 aliphatic rings. The minimum absolute atomic E-state index is 0.695. The van der Waals surface area contributed by atoms with Crippen molar-refractivity contribution in [2.75, 3.05) is 6.54 Å². The molecule has 1 N–H and O–H groups in total. The van der Waals surface area contributed by atoms with Crippen molar-refractivity contribution in [3.05, 3.63) is 53.6 Å². The van der Waals surface area contributed by atoms with Crippen molar-refractivity contribution in [3.8, 4) is 11.4 Å². The molecular weight excluding hydrogens is 290 g/mol. The van der Waals surface area contributed by atoms with Crippen LogP contribution in [0.4, 0.5) is 0 Å². The number of aryl methyl sites for hydroxylation is 1. The molecule has 0 saturated carbocycles. The number of nitrogens with one attached hydrogen (secondary N) is 1. The van der Waals surface area contributed by atoms with Crippen LogP contribution in [-0.2, 0) is 19.5 Å². The Hall–Kier alpha value is -2.67. The summed E-state index contributed by atoms with van der Waals surface area (Å²) in [4.78, 5) is 19.6. The van der Waals surface area contributed by atoms with E-state index < -0.39 is 0 Å². The van der Waals surface area contributed by atoms with E-state index in [0.717, 1.165) is 48.7 Å². The van der Waals surface area contributed by atoms with Gasteiger partial charge in [0.15, 0.2) is 5.82 Å². The number of hydrogen-bond acceptors (Lipinski definition) is 6. The van der Waals surface area contributed by atoms with Crippen molar-refractivity contribution in [2.45, 2.75) is 26.4 Å². The monoisotopic (exact) mass is 307 g/mol. The number of aromatic nitrogens is 6. The van der Waals surface area contributed by atoms with Crippen molar-refractivity contribution in [3.63, 3.8) is 0 Å². The highest BCUT2D eigenvalue weighted by molar-refractivity contribution is 5.52. The van der Waals surface area contributed by atoms with E-state index in [9.17, 15) is 0 Å². The fraction of sp³-hybridized carbons (Fsp3) is 0.312. The summed E-state index contributed by atoms with van der Waals surface area (Å²) in [5.41, 5.74) is 5.32. The van der Waals surface area contributed by atoms with Crippen LogP contribution >= 0.6 is 0 Å². The first-order valence-corrected chi connectivity index (χ1v) is 7.61. The molecule has 4 rings (SSSR count). The molecule has 3 aromatic heterocycles. The molecule has 4 heterocycles. The zero-order chi connectivity index (χ0) is 15.6. The molecule has 7 nitrogen and oxygen atoms in total. The number of rotatable bonds is 3. The molecule has 23 heavy (non-hydrogen) atoms. The molecule has 1 aliphatic heterocycles. The fourth-order valence-corrected chi connectivity index (χ4v) is 2.85. The summed E-state index contributed by atoms with van der Waals surface area (Å²) in [6, 6.07) is 2.09. The van der Waals surface area contributed by atoms with E-state index in [2.05, 4.69) is 41.1 Å². The molecule has 0 radical (unpaired) electrons. The van der Waals surface area contributed by atoms with Crippen molar-refractivity contribution >= 4 is 0 Å². The topological polar surface area (TPSA) is 83.5 Å². The maximum Gasteiger partial charge on any atom is 0.162 e. The SMILES string of the molecule is Cc1cc(CN2CCc3nc(-c4cncnc4)ncc3C2)n[nH]1. The third-order valence-corrected chi connectivity index (χ3v) is 3.98. The number of fused-ring (bicyclic) bond motifs is 1. The van der Waals surface area contributed by atoms with Crippen LogP contribution in [0.15, 0.2) is 31.0 Å². The molecule has 0 spiro atoms. The largest absolute Gasteiger partial charge is 0.293 e. The predicted molar refractivity (Wildman–Crippen MR) is 84.2 cm³/mol. The van der Waals surface area contributed by atoms with Gasteiger partial charge in [-0.05, 0) is 13.0 Å². The third kappa shape index (κ3) is 2.95. The van der Waals surface area contributed by atoms with Crippen LogP contribution in [0.2, 0.25) is 0 Å². The van der Waals surface area contributed by atoms with Gasteiger partial charge in [-0.1, -0.05) is 0 Å². The number of nitrogens with zero attached hydrogens (tertiary/aromatic N) is 6. The summed E-state index contributed by atoms with van der Waals surface area (Å²) >= 11 is 0. The summed E-state index contributed by atoms with van der Waals surface area (Å²) in [5, 5.41) is 7.30. The first-order chi connectivity index (χ1) is 11.3. The fourth-order valence-electron chi connectivity index (χ4n) is 2.85. The van der Waals surface area contributed by atoms with E-state index in [4.69, 9.17) is 0 Å². The van der Waals surface area contributed by atoms with E-state index in [1.807, 2.05) is 13.1 Å². The van der Waals surface area contributed by atoms with Crippen LogP contribution < -0.4 is 0 Å². The Labute approximate surface area is 133 Å². The Morgan fingerprint density at radius 3 is 2.87 bits per heavy atom. The number of hydrogen-bond donors (Lipinski definition) is 1. The van der Waals surface area contributed by atoms with Gasteiger partial charge in [-0.25, -0.2) is 19.9 Å². The van der Waals surface area contributed by atoms with Gasteiger partial charge in [-0.3, -0.25) is 10.00 Å². The number of H-pyrrole nitrogens is 1. The second-order valence-electron chi connectivity index (χ2n) is 5.80. The lowest BCUT2D eigenvalue weighted by Crippen LogP contribution is -2.31. The Balaban J connectivity index is 1.52. The minimum Gasteiger partial charge on any atom is -0.293 e. The smallest absolute Gasteiger partial charge is 0.162 e. The molecule has 0 aliphatic carbocycles. The molecule has 0 saturated heterocycles. The molecule has 116 valence electrons. The molecule has 0 aromatic carbocycles. The van der Waals surface area contributed by atoms with Crippen LogP contribution in [0.5, 0.6) is 0 Å². The summed E-state index contributed by atoms with van der Waals surface area (Å²) < 4.78 is 0. The summed E-state index contributed by atoms with van der Waals surface area (Å²) in [7, 11) is 0. The van der Waals surface area contributed by atoms with Gasteiger partial charge in [0.1, 0.15) is 6.33 Å². The van der Waals surface area contributed by atoms with Gasteiger partial charge < -0.3 is 0 Å². The molecule has 0 amide bonds. The molecule has 3 aromatic rings. The Bertz CT molecular complexity index is 812. The van der Waals surface area contributed by atoms with Crippen molar-refractivity contribution in [2.24, 2.45) is 0 Å². The lowest BCUT2D eigenvalue weighted by atomic mass is 10.1. The summed E-state index contributed by atoms with van der Waals surface area (Å²) in [6.45, 7) is 4.69. The van der Waals surface area contributed by atoms with Crippen molar-refractivity contribution in [1.82, 2.24) is 35.0 Å². The lowest BCUT2D eigenvalue weighted by molar-refractivity contribution is 0.240. The quantitative estimate of drug-likeness (QED) is 0.790. The zero-order valence-corrected chi connectivity index (χ0v) is 12.9. The molecule has 0 bridgehead atoms. The Morgan fingerprint density at radius 2 is 2.09 bits per heavy atom. The van der Waals surface area contributed by atoms with Crippen LogP contribution in [0.1, 0.15) is 22.6 Å². The van der Waals surface area contributed by atoms with E-state index in [1.165, 1.54) is 11.9 Å². The number of aromatic amines is 1. The molecule has 0 fully saturated rings. The first kappa shape index (κ1) is 14.0. The predicted octanol–water partition coefficient (Wildman–Crippen LogP) is 1.52. The van der Waals surface area contributed by atoms with Gasteiger partial charge in [0, 0.05) is 55.9 Å². The second kappa shape index (κ2) is 5.85. The average Bonchev–Trinajstić information content (AvgIpc) is 3.00. The van der Waals surface area contributed by atoms with Crippen LogP contribution in [0.3, 0.4) is 0 Å². The average molecular weight is 307 g/mol. The van der Waals surface area contributed by atoms with Crippen LogP contribution in [-0.4, -0.2) is 41.6 Å². The second-order valence-corrected chi connectivity index (χ2v) is 5.80. The van der Waals surface area contributed by atoms with Crippen LogP contribution in [0, 0.1) is 6.92 Å². The van der Waals surface area contributed by atoms with Crippen molar-refractivity contribution < 1.29 is 0 Å². The van der Waals surface area contributed by atoms with Gasteiger partial charge in [-0.15, -0.1) is 0 Å². The standard InChI is InChI=1S/C16H17N7/c1-11-4-14(22-21-11)9-23-3-2-15-13(8-23)7-19-16(20-15)12-5-17-10-18-6-12/h4-7,10H,2-3,8-9H2,1H3,(H,21,22).